The molecule has 146 valence electrons. The highest BCUT2D eigenvalue weighted by Gasteiger charge is 2.33. The van der Waals surface area contributed by atoms with Crippen LogP contribution < -0.4 is 5.30 Å². The molecule has 2 aromatic rings. The van der Waals surface area contributed by atoms with Gasteiger partial charge >= 0.3 is 6.18 Å². The first-order chi connectivity index (χ1) is 12.8. The topological polar surface area (TPSA) is 34.1 Å². The van der Waals surface area contributed by atoms with Crippen LogP contribution in [0.3, 0.4) is 0 Å². The lowest BCUT2D eigenvalue weighted by atomic mass is 10.1. The number of rotatable bonds is 10. The van der Waals surface area contributed by atoms with E-state index in [0.29, 0.717) is 36.6 Å². The maximum atomic E-state index is 13.6. The third-order valence-corrected chi connectivity index (χ3v) is 7.45. The Balaban J connectivity index is 1.98. The molecule has 0 N–H and O–H groups in total. The number of hydrogen-bond donors (Lipinski definition) is 0. The predicted octanol–water partition coefficient (Wildman–Crippen LogP) is 6.42. The average Bonchev–Trinajstić information content (AvgIpc) is 2.67. The van der Waals surface area contributed by atoms with Gasteiger partial charge in [0, 0.05) is 23.5 Å². The zero-order chi connectivity index (χ0) is 19.8. The molecular formula is C21H24F3O2P. The molecule has 2 nitrogen and oxygen atoms in total. The summed E-state index contributed by atoms with van der Waals surface area (Å²) in [5.41, 5.74) is 0.0706. The SMILES string of the molecule is O=C(c1ccccc1)P(=O)(CCCCCCCC(F)(F)F)c1ccccc1. The Morgan fingerprint density at radius 1 is 0.778 bits per heavy atom. The van der Waals surface area contributed by atoms with Crippen molar-refractivity contribution in [2.75, 3.05) is 6.16 Å². The summed E-state index contributed by atoms with van der Waals surface area (Å²) < 4.78 is 50.1. The van der Waals surface area contributed by atoms with E-state index < -0.39 is 19.7 Å². The molecule has 0 bridgehead atoms. The molecule has 0 amide bonds. The van der Waals surface area contributed by atoms with Gasteiger partial charge in [-0.05, 0) is 12.8 Å². The first-order valence-electron chi connectivity index (χ1n) is 9.14. The molecule has 0 radical (unpaired) electrons. The van der Waals surface area contributed by atoms with E-state index in [1.54, 1.807) is 54.6 Å². The molecule has 0 aromatic heterocycles. The third kappa shape index (κ3) is 6.66. The van der Waals surface area contributed by atoms with Gasteiger partial charge in [0.15, 0.2) is 7.14 Å². The van der Waals surface area contributed by atoms with Crippen LogP contribution in [0.2, 0.25) is 0 Å². The molecule has 1 atom stereocenters. The number of carbonyl (C=O) groups is 1. The van der Waals surface area contributed by atoms with Crippen molar-refractivity contribution >= 4 is 18.0 Å². The summed E-state index contributed by atoms with van der Waals surface area (Å²) in [6.45, 7) is 0. The van der Waals surface area contributed by atoms with Crippen LogP contribution >= 0.6 is 7.14 Å². The maximum Gasteiger partial charge on any atom is 0.389 e. The lowest BCUT2D eigenvalue weighted by molar-refractivity contribution is -0.135. The van der Waals surface area contributed by atoms with Gasteiger partial charge in [-0.25, -0.2) is 0 Å². The first kappa shape index (κ1) is 21.4. The summed E-state index contributed by atoms with van der Waals surface area (Å²) in [6, 6.07) is 17.4. The van der Waals surface area contributed by atoms with Crippen molar-refractivity contribution in [3.05, 3.63) is 66.2 Å². The van der Waals surface area contributed by atoms with E-state index in [-0.39, 0.29) is 18.1 Å². The molecule has 0 saturated heterocycles. The lowest BCUT2D eigenvalue weighted by Crippen LogP contribution is -2.16. The van der Waals surface area contributed by atoms with E-state index in [4.69, 9.17) is 0 Å². The van der Waals surface area contributed by atoms with Crippen molar-refractivity contribution < 1.29 is 22.5 Å². The van der Waals surface area contributed by atoms with Crippen LogP contribution in [-0.4, -0.2) is 17.9 Å². The minimum absolute atomic E-state index is 0.114. The molecule has 0 spiro atoms. The summed E-state index contributed by atoms with van der Waals surface area (Å²) in [5.74, 6) is 0. The van der Waals surface area contributed by atoms with Crippen LogP contribution in [0.5, 0.6) is 0 Å². The fourth-order valence-corrected chi connectivity index (χ4v) is 5.58. The van der Waals surface area contributed by atoms with Gasteiger partial charge in [0.05, 0.1) is 0 Å². The first-order valence-corrected chi connectivity index (χ1v) is 11.0. The van der Waals surface area contributed by atoms with E-state index in [9.17, 15) is 22.5 Å². The number of benzene rings is 2. The minimum atomic E-state index is -4.11. The Hall–Kier alpha value is -1.87. The predicted molar refractivity (Wildman–Crippen MR) is 103 cm³/mol. The van der Waals surface area contributed by atoms with Gasteiger partial charge in [0.2, 0.25) is 5.52 Å². The van der Waals surface area contributed by atoms with Gasteiger partial charge < -0.3 is 4.57 Å². The van der Waals surface area contributed by atoms with Crippen LogP contribution in [0, 0.1) is 0 Å². The number of hydrogen-bond acceptors (Lipinski definition) is 2. The van der Waals surface area contributed by atoms with Gasteiger partial charge in [-0.15, -0.1) is 0 Å². The second-order valence-corrected chi connectivity index (χ2v) is 9.45. The van der Waals surface area contributed by atoms with Crippen molar-refractivity contribution in [3.63, 3.8) is 0 Å². The number of unbranched alkanes of at least 4 members (excludes halogenated alkanes) is 4. The van der Waals surface area contributed by atoms with Crippen molar-refractivity contribution in [2.45, 2.75) is 44.7 Å². The summed E-state index contributed by atoms with van der Waals surface area (Å²) in [6.07, 6.45) is -2.17. The van der Waals surface area contributed by atoms with E-state index in [1.807, 2.05) is 6.07 Å². The normalized spacial score (nSPS) is 13.9. The van der Waals surface area contributed by atoms with Gasteiger partial charge in [-0.2, -0.15) is 13.2 Å². The summed E-state index contributed by atoms with van der Waals surface area (Å²) in [7, 11) is -3.29. The standard InChI is InChI=1S/C21H24F3O2P/c22-21(23,24)16-10-2-1-3-11-17-27(26,19-14-8-5-9-15-19)20(25)18-12-6-4-7-13-18/h4-9,12-15H,1-3,10-11,16-17H2. The molecule has 27 heavy (non-hydrogen) atoms. The fraction of sp³-hybridized carbons (Fsp3) is 0.381. The van der Waals surface area contributed by atoms with Crippen molar-refractivity contribution in [1.82, 2.24) is 0 Å². The van der Waals surface area contributed by atoms with Crippen LogP contribution in [0.1, 0.15) is 48.9 Å². The van der Waals surface area contributed by atoms with Crippen LogP contribution in [0.15, 0.2) is 60.7 Å². The highest BCUT2D eigenvalue weighted by molar-refractivity contribution is 7.87. The Morgan fingerprint density at radius 3 is 1.89 bits per heavy atom. The van der Waals surface area contributed by atoms with Crippen molar-refractivity contribution in [1.29, 1.82) is 0 Å². The molecule has 0 aliphatic rings. The van der Waals surface area contributed by atoms with Gasteiger partial charge in [0.1, 0.15) is 0 Å². The van der Waals surface area contributed by atoms with E-state index in [0.717, 1.165) is 0 Å². The Labute approximate surface area is 158 Å². The summed E-state index contributed by atoms with van der Waals surface area (Å²) >= 11 is 0. The lowest BCUT2D eigenvalue weighted by Gasteiger charge is -2.17. The molecule has 0 aliphatic heterocycles. The minimum Gasteiger partial charge on any atom is -0.310 e. The maximum absolute atomic E-state index is 13.6. The molecule has 2 rings (SSSR count). The molecule has 0 fully saturated rings. The van der Waals surface area contributed by atoms with Gasteiger partial charge in [0.25, 0.3) is 0 Å². The summed E-state index contributed by atoms with van der Waals surface area (Å²) in [5, 5.41) is 0.538. The summed E-state index contributed by atoms with van der Waals surface area (Å²) in [4.78, 5) is 13.0. The van der Waals surface area contributed by atoms with Gasteiger partial charge in [-0.3, -0.25) is 4.79 Å². The van der Waals surface area contributed by atoms with E-state index in [1.165, 1.54) is 0 Å². The Kier molecular flexibility index (Phi) is 7.85. The highest BCUT2D eigenvalue weighted by atomic mass is 31.2. The zero-order valence-electron chi connectivity index (χ0n) is 15.1. The van der Waals surface area contributed by atoms with E-state index >= 15 is 0 Å². The molecule has 2 aromatic carbocycles. The van der Waals surface area contributed by atoms with Crippen LogP contribution in [0.4, 0.5) is 13.2 Å². The largest absolute Gasteiger partial charge is 0.389 e. The molecule has 1 unspecified atom stereocenters. The van der Waals surface area contributed by atoms with Gasteiger partial charge in [-0.1, -0.05) is 79.9 Å². The molecule has 0 aliphatic carbocycles. The highest BCUT2D eigenvalue weighted by Crippen LogP contribution is 2.48. The number of halogens is 3. The molecule has 0 heterocycles. The van der Waals surface area contributed by atoms with Crippen molar-refractivity contribution in [2.24, 2.45) is 0 Å². The Bertz CT molecular complexity index is 758. The van der Waals surface area contributed by atoms with Crippen LogP contribution in [0.25, 0.3) is 0 Å². The Morgan fingerprint density at radius 2 is 1.30 bits per heavy atom. The van der Waals surface area contributed by atoms with E-state index in [2.05, 4.69) is 0 Å². The molecule has 6 heteroatoms. The third-order valence-electron chi connectivity index (χ3n) is 4.46. The monoisotopic (exact) mass is 396 g/mol. The average molecular weight is 396 g/mol. The molecular weight excluding hydrogens is 372 g/mol. The fourth-order valence-electron chi connectivity index (χ4n) is 3.00. The number of alkyl halides is 3. The second-order valence-electron chi connectivity index (χ2n) is 6.60. The number of carbonyl (C=O) groups excluding carboxylic acids is 1. The quantitative estimate of drug-likeness (QED) is 0.343. The molecule has 0 saturated carbocycles. The zero-order valence-corrected chi connectivity index (χ0v) is 16.0. The smallest absolute Gasteiger partial charge is 0.310 e. The second kappa shape index (κ2) is 9.89. The van der Waals surface area contributed by atoms with Crippen LogP contribution in [-0.2, 0) is 4.57 Å². The van der Waals surface area contributed by atoms with Crippen molar-refractivity contribution in [3.8, 4) is 0 Å².